The fraction of sp³-hybridized carbons (Fsp3) is 0.167. The first-order valence-corrected chi connectivity index (χ1v) is 2.38. The monoisotopic (exact) mass is 127 g/mol. The van der Waals surface area contributed by atoms with Crippen LogP contribution in [-0.4, -0.2) is 11.0 Å². The maximum absolute atomic E-state index is 10.2. The molecule has 0 unspecified atom stereocenters. The summed E-state index contributed by atoms with van der Waals surface area (Å²) in [5.74, 6) is -0.705. The summed E-state index contributed by atoms with van der Waals surface area (Å²) in [6.07, 6.45) is 0.0648. The van der Waals surface area contributed by atoms with Gasteiger partial charge < -0.3 is 10.8 Å². The van der Waals surface area contributed by atoms with Gasteiger partial charge in [0.1, 0.15) is 0 Å². The van der Waals surface area contributed by atoms with Crippen LogP contribution in [0, 0.1) is 0 Å². The third kappa shape index (κ3) is 3.34. The van der Waals surface area contributed by atoms with Crippen LogP contribution in [0.1, 0.15) is 6.42 Å². The predicted octanol–water partition coefficient (Wildman–Crippen LogP) is 0.490. The zero-order valence-corrected chi connectivity index (χ0v) is 5.05. The number of aliphatic hydroxyl groups excluding tert-OH is 1. The topological polar surface area (TPSA) is 63.3 Å². The lowest BCUT2D eigenvalue weighted by atomic mass is 10.2. The molecule has 0 atom stereocenters. The smallest absolute Gasteiger partial charge is 0.244 e. The summed E-state index contributed by atoms with van der Waals surface area (Å²) in [5, 5.41) is 8.51. The molecule has 0 aromatic carbocycles. The number of carbonyl (C=O) groups is 1. The Morgan fingerprint density at radius 1 is 1.56 bits per heavy atom. The highest BCUT2D eigenvalue weighted by atomic mass is 16.3. The first kappa shape index (κ1) is 7.75. The van der Waals surface area contributed by atoms with E-state index in [0.29, 0.717) is 0 Å². The van der Waals surface area contributed by atoms with Gasteiger partial charge in [-0.1, -0.05) is 13.2 Å². The molecule has 0 aliphatic rings. The van der Waals surface area contributed by atoms with Gasteiger partial charge in [-0.25, -0.2) is 0 Å². The van der Waals surface area contributed by atoms with Gasteiger partial charge in [0.2, 0.25) is 5.91 Å². The molecule has 9 heavy (non-hydrogen) atoms. The molecule has 0 aliphatic carbocycles. The first-order valence-electron chi connectivity index (χ1n) is 2.38. The number of amides is 1. The van der Waals surface area contributed by atoms with Crippen molar-refractivity contribution in [2.24, 2.45) is 5.73 Å². The highest BCUT2D eigenvalue weighted by Gasteiger charge is 2.00. The van der Waals surface area contributed by atoms with E-state index >= 15 is 0 Å². The van der Waals surface area contributed by atoms with Crippen molar-refractivity contribution in [2.75, 3.05) is 0 Å². The fourth-order valence-corrected chi connectivity index (χ4v) is 0.333. The zero-order chi connectivity index (χ0) is 7.44. The van der Waals surface area contributed by atoms with Gasteiger partial charge in [-0.15, -0.1) is 0 Å². The van der Waals surface area contributed by atoms with Crippen LogP contribution < -0.4 is 5.73 Å². The lowest BCUT2D eigenvalue weighted by molar-refractivity contribution is -0.114. The van der Waals surface area contributed by atoms with Crippen molar-refractivity contribution < 1.29 is 9.90 Å². The molecule has 0 fully saturated rings. The number of rotatable bonds is 3. The molecule has 0 heterocycles. The summed E-state index contributed by atoms with van der Waals surface area (Å²) in [5.41, 5.74) is 4.96. The quantitative estimate of drug-likeness (QED) is 0.428. The van der Waals surface area contributed by atoms with E-state index in [1.54, 1.807) is 0 Å². The van der Waals surface area contributed by atoms with Gasteiger partial charge in [0, 0.05) is 12.0 Å². The van der Waals surface area contributed by atoms with Crippen LogP contribution in [0.15, 0.2) is 24.5 Å². The average molecular weight is 127 g/mol. The van der Waals surface area contributed by atoms with Crippen molar-refractivity contribution in [3.05, 3.63) is 24.5 Å². The Bertz CT molecular complexity index is 160. The van der Waals surface area contributed by atoms with E-state index in [-0.39, 0.29) is 17.8 Å². The Balaban J connectivity index is 3.79. The largest absolute Gasteiger partial charge is 0.513 e. The minimum Gasteiger partial charge on any atom is -0.513 e. The number of nitrogens with two attached hydrogens (primary N) is 1. The Morgan fingerprint density at radius 3 is 2.11 bits per heavy atom. The summed E-state index contributed by atoms with van der Waals surface area (Å²) >= 11 is 0. The molecule has 0 aromatic heterocycles. The molecular weight excluding hydrogens is 118 g/mol. The highest BCUT2D eigenvalue weighted by Crippen LogP contribution is 2.01. The van der Waals surface area contributed by atoms with Crippen LogP contribution in [0.25, 0.3) is 0 Å². The van der Waals surface area contributed by atoms with Gasteiger partial charge in [-0.05, 0) is 0 Å². The molecule has 3 heteroatoms. The fourth-order valence-electron chi connectivity index (χ4n) is 0.333. The number of aliphatic hydroxyl groups is 1. The van der Waals surface area contributed by atoms with Crippen LogP contribution >= 0.6 is 0 Å². The predicted molar refractivity (Wildman–Crippen MR) is 34.7 cm³/mol. The molecule has 0 rings (SSSR count). The molecule has 0 radical (unpaired) electrons. The second kappa shape index (κ2) is 2.91. The van der Waals surface area contributed by atoms with Gasteiger partial charge in [-0.2, -0.15) is 0 Å². The summed E-state index contributed by atoms with van der Waals surface area (Å²) in [7, 11) is 0. The average Bonchev–Trinajstić information content (AvgIpc) is 1.63. The maximum atomic E-state index is 10.2. The summed E-state index contributed by atoms with van der Waals surface area (Å²) in [6, 6.07) is 0. The number of hydrogen-bond acceptors (Lipinski definition) is 2. The number of allylic oxidation sites excluding steroid dienone is 1. The molecule has 3 nitrogen and oxygen atoms in total. The van der Waals surface area contributed by atoms with E-state index in [1.165, 1.54) is 0 Å². The minimum atomic E-state index is -0.606. The van der Waals surface area contributed by atoms with E-state index in [2.05, 4.69) is 13.2 Å². The van der Waals surface area contributed by atoms with E-state index < -0.39 is 5.91 Å². The van der Waals surface area contributed by atoms with Gasteiger partial charge >= 0.3 is 0 Å². The lowest BCUT2D eigenvalue weighted by Crippen LogP contribution is -2.13. The van der Waals surface area contributed by atoms with Crippen LogP contribution in [0.5, 0.6) is 0 Å². The number of carbonyl (C=O) groups excluding carboxylic acids is 1. The van der Waals surface area contributed by atoms with Gasteiger partial charge in [0.05, 0.1) is 5.76 Å². The molecule has 0 saturated carbocycles. The molecule has 50 valence electrons. The molecule has 0 spiro atoms. The molecule has 0 bridgehead atoms. The number of hydrogen-bond donors (Lipinski definition) is 2. The van der Waals surface area contributed by atoms with Crippen molar-refractivity contribution in [1.29, 1.82) is 0 Å². The highest BCUT2D eigenvalue weighted by molar-refractivity contribution is 5.91. The third-order valence-electron chi connectivity index (χ3n) is 0.766. The third-order valence-corrected chi connectivity index (χ3v) is 0.766. The summed E-state index contributed by atoms with van der Waals surface area (Å²) in [4.78, 5) is 10.2. The summed E-state index contributed by atoms with van der Waals surface area (Å²) in [6.45, 7) is 6.46. The second-order valence-electron chi connectivity index (χ2n) is 1.71. The van der Waals surface area contributed by atoms with E-state index in [9.17, 15) is 4.79 Å². The molecular formula is C6H9NO2. The van der Waals surface area contributed by atoms with Crippen LogP contribution in [0.3, 0.4) is 0 Å². The Kier molecular flexibility index (Phi) is 2.51. The molecule has 0 saturated heterocycles. The van der Waals surface area contributed by atoms with Crippen LogP contribution in [0.4, 0.5) is 0 Å². The minimum absolute atomic E-state index is 0.0648. The van der Waals surface area contributed by atoms with Gasteiger partial charge in [-0.3, -0.25) is 4.79 Å². The molecule has 0 aromatic rings. The normalized spacial score (nSPS) is 8.44. The molecule has 1 amide bonds. The summed E-state index contributed by atoms with van der Waals surface area (Å²) < 4.78 is 0. The Labute approximate surface area is 53.5 Å². The lowest BCUT2D eigenvalue weighted by Gasteiger charge is -1.96. The Morgan fingerprint density at radius 2 is 2.00 bits per heavy atom. The van der Waals surface area contributed by atoms with Crippen LogP contribution in [-0.2, 0) is 4.79 Å². The number of primary amides is 1. The maximum Gasteiger partial charge on any atom is 0.244 e. The zero-order valence-electron chi connectivity index (χ0n) is 5.05. The Hall–Kier alpha value is -1.25. The van der Waals surface area contributed by atoms with Crippen molar-refractivity contribution in [3.63, 3.8) is 0 Å². The van der Waals surface area contributed by atoms with Crippen molar-refractivity contribution in [2.45, 2.75) is 6.42 Å². The van der Waals surface area contributed by atoms with Gasteiger partial charge in [0.25, 0.3) is 0 Å². The molecule has 3 N–H and O–H groups in total. The van der Waals surface area contributed by atoms with E-state index in [0.717, 1.165) is 0 Å². The van der Waals surface area contributed by atoms with Gasteiger partial charge in [0.15, 0.2) is 0 Å². The van der Waals surface area contributed by atoms with E-state index in [4.69, 9.17) is 10.8 Å². The SMILES string of the molecule is C=C(O)CC(=C)C(N)=O. The first-order chi connectivity index (χ1) is 4.04. The standard InChI is InChI=1S/C6H9NO2/c1-4(6(7)9)3-5(2)8/h8H,1-3H2,(H2,7,9). The van der Waals surface area contributed by atoms with E-state index in [1.807, 2.05) is 0 Å². The second-order valence-corrected chi connectivity index (χ2v) is 1.71. The van der Waals surface area contributed by atoms with Crippen LogP contribution in [0.2, 0.25) is 0 Å². The van der Waals surface area contributed by atoms with Crippen molar-refractivity contribution >= 4 is 5.91 Å². The van der Waals surface area contributed by atoms with Crippen molar-refractivity contribution in [1.82, 2.24) is 0 Å². The molecule has 0 aliphatic heterocycles. The van der Waals surface area contributed by atoms with Crippen molar-refractivity contribution in [3.8, 4) is 0 Å².